The summed E-state index contributed by atoms with van der Waals surface area (Å²) in [7, 11) is 0. The molecule has 122 valence electrons. The SMILES string of the molecule is Cc1cc(C)c(N2c3ccccc3COc3cc(C)oc32)c(C)c1. The predicted molar refractivity (Wildman–Crippen MR) is 96.7 cm³/mol. The number of anilines is 3. The number of hydrogen-bond acceptors (Lipinski definition) is 3. The number of rotatable bonds is 1. The number of para-hydroxylation sites is 1. The first-order valence-corrected chi connectivity index (χ1v) is 8.23. The molecular weight excluding hydrogens is 298 g/mol. The Kier molecular flexibility index (Phi) is 3.38. The lowest BCUT2D eigenvalue weighted by atomic mass is 10.0. The molecule has 1 aliphatic rings. The van der Waals surface area contributed by atoms with Crippen molar-refractivity contribution in [2.75, 3.05) is 4.90 Å². The van der Waals surface area contributed by atoms with Gasteiger partial charge in [-0.1, -0.05) is 35.9 Å². The lowest BCUT2D eigenvalue weighted by molar-refractivity contribution is 0.308. The molecule has 3 heteroatoms. The second kappa shape index (κ2) is 5.45. The van der Waals surface area contributed by atoms with Crippen LogP contribution in [0.25, 0.3) is 0 Å². The van der Waals surface area contributed by atoms with Crippen LogP contribution in [0.5, 0.6) is 5.75 Å². The monoisotopic (exact) mass is 319 g/mol. The summed E-state index contributed by atoms with van der Waals surface area (Å²) in [5.74, 6) is 2.40. The molecule has 24 heavy (non-hydrogen) atoms. The van der Waals surface area contributed by atoms with E-state index in [1.807, 2.05) is 19.1 Å². The molecule has 3 aromatic rings. The Bertz CT molecular complexity index is 900. The first-order valence-electron chi connectivity index (χ1n) is 8.23. The van der Waals surface area contributed by atoms with E-state index < -0.39 is 0 Å². The molecule has 0 saturated carbocycles. The summed E-state index contributed by atoms with van der Waals surface area (Å²) in [6.07, 6.45) is 0. The van der Waals surface area contributed by atoms with Crippen LogP contribution in [0.3, 0.4) is 0 Å². The van der Waals surface area contributed by atoms with Gasteiger partial charge in [-0.3, -0.25) is 4.90 Å². The van der Waals surface area contributed by atoms with Crippen LogP contribution in [-0.4, -0.2) is 0 Å². The highest BCUT2D eigenvalue weighted by Gasteiger charge is 2.28. The van der Waals surface area contributed by atoms with E-state index in [-0.39, 0.29) is 0 Å². The average molecular weight is 319 g/mol. The third-order valence-corrected chi connectivity index (χ3v) is 4.48. The van der Waals surface area contributed by atoms with Gasteiger partial charge in [0.1, 0.15) is 12.4 Å². The maximum absolute atomic E-state index is 6.05. The van der Waals surface area contributed by atoms with E-state index in [0.29, 0.717) is 6.61 Å². The van der Waals surface area contributed by atoms with E-state index in [2.05, 4.69) is 56.0 Å². The van der Waals surface area contributed by atoms with Crippen molar-refractivity contribution in [3.63, 3.8) is 0 Å². The summed E-state index contributed by atoms with van der Waals surface area (Å²) in [5.41, 5.74) is 7.15. The van der Waals surface area contributed by atoms with E-state index in [9.17, 15) is 0 Å². The molecule has 1 aliphatic heterocycles. The van der Waals surface area contributed by atoms with E-state index in [0.717, 1.165) is 34.3 Å². The van der Waals surface area contributed by atoms with Crippen LogP contribution in [0, 0.1) is 27.7 Å². The Labute approximate surface area is 142 Å². The van der Waals surface area contributed by atoms with E-state index in [4.69, 9.17) is 9.15 Å². The average Bonchev–Trinajstić information content (AvgIpc) is 2.83. The van der Waals surface area contributed by atoms with Crippen molar-refractivity contribution in [2.24, 2.45) is 0 Å². The van der Waals surface area contributed by atoms with Gasteiger partial charge in [0.2, 0.25) is 5.88 Å². The van der Waals surface area contributed by atoms with E-state index in [1.54, 1.807) is 0 Å². The van der Waals surface area contributed by atoms with Crippen molar-refractivity contribution in [3.05, 3.63) is 70.5 Å². The molecule has 0 amide bonds. The van der Waals surface area contributed by atoms with Crippen molar-refractivity contribution < 1.29 is 9.15 Å². The Morgan fingerprint density at radius 2 is 1.62 bits per heavy atom. The van der Waals surface area contributed by atoms with Crippen LogP contribution in [0.1, 0.15) is 28.0 Å². The Morgan fingerprint density at radius 3 is 2.38 bits per heavy atom. The molecule has 0 atom stereocenters. The van der Waals surface area contributed by atoms with Crippen LogP contribution in [0.15, 0.2) is 46.9 Å². The minimum Gasteiger partial charge on any atom is -0.483 e. The first-order chi connectivity index (χ1) is 11.5. The van der Waals surface area contributed by atoms with E-state index >= 15 is 0 Å². The van der Waals surface area contributed by atoms with Gasteiger partial charge in [-0.2, -0.15) is 0 Å². The smallest absolute Gasteiger partial charge is 0.247 e. The first kappa shape index (κ1) is 14.9. The van der Waals surface area contributed by atoms with Gasteiger partial charge in [0.25, 0.3) is 0 Å². The second-order valence-electron chi connectivity index (χ2n) is 6.53. The van der Waals surface area contributed by atoms with E-state index in [1.165, 1.54) is 16.7 Å². The molecular formula is C21H21NO2. The number of hydrogen-bond donors (Lipinski definition) is 0. The number of aryl methyl sites for hydroxylation is 4. The molecule has 0 spiro atoms. The highest BCUT2D eigenvalue weighted by Crippen LogP contribution is 2.47. The standard InChI is InChI=1S/C21H21NO2/c1-13-9-14(2)20(15(3)10-13)22-18-8-6-5-7-17(18)12-23-19-11-16(4)24-21(19)22/h5-11H,12H2,1-4H3. The summed E-state index contributed by atoms with van der Waals surface area (Å²) >= 11 is 0. The van der Waals surface area contributed by atoms with Crippen molar-refractivity contribution >= 4 is 17.3 Å². The Hall–Kier alpha value is -2.68. The summed E-state index contributed by atoms with van der Waals surface area (Å²) in [5, 5.41) is 0. The zero-order valence-electron chi connectivity index (χ0n) is 14.5. The number of fused-ring (bicyclic) bond motifs is 2. The Balaban J connectivity index is 2.03. The van der Waals surface area contributed by atoms with Crippen molar-refractivity contribution in [1.29, 1.82) is 0 Å². The van der Waals surface area contributed by atoms with Gasteiger partial charge in [-0.25, -0.2) is 0 Å². The molecule has 0 radical (unpaired) electrons. The van der Waals surface area contributed by atoms with Crippen molar-refractivity contribution in [3.8, 4) is 5.75 Å². The van der Waals surface area contributed by atoms with Crippen LogP contribution >= 0.6 is 0 Å². The molecule has 4 rings (SSSR count). The lowest BCUT2D eigenvalue weighted by Crippen LogP contribution is -2.13. The quantitative estimate of drug-likeness (QED) is 0.560. The molecule has 3 nitrogen and oxygen atoms in total. The zero-order valence-corrected chi connectivity index (χ0v) is 14.5. The molecule has 0 aliphatic carbocycles. The maximum Gasteiger partial charge on any atom is 0.247 e. The molecule has 0 saturated heterocycles. The fraction of sp³-hybridized carbons (Fsp3) is 0.238. The normalized spacial score (nSPS) is 13.1. The minimum atomic E-state index is 0.544. The fourth-order valence-corrected chi connectivity index (χ4v) is 3.60. The van der Waals surface area contributed by atoms with Crippen molar-refractivity contribution in [1.82, 2.24) is 0 Å². The topological polar surface area (TPSA) is 25.6 Å². The van der Waals surface area contributed by atoms with Crippen LogP contribution in [0.2, 0.25) is 0 Å². The minimum absolute atomic E-state index is 0.544. The molecule has 0 bridgehead atoms. The maximum atomic E-state index is 6.05. The van der Waals surface area contributed by atoms with Gasteiger partial charge in [0, 0.05) is 11.6 Å². The van der Waals surface area contributed by atoms with Gasteiger partial charge in [0.15, 0.2) is 5.75 Å². The number of nitrogens with zero attached hydrogens (tertiary/aromatic N) is 1. The largest absolute Gasteiger partial charge is 0.483 e. The van der Waals surface area contributed by atoms with Gasteiger partial charge in [-0.15, -0.1) is 0 Å². The number of furan rings is 1. The summed E-state index contributed by atoms with van der Waals surface area (Å²) in [6.45, 7) is 8.93. The molecule has 0 unspecified atom stereocenters. The molecule has 0 N–H and O–H groups in total. The van der Waals surface area contributed by atoms with Gasteiger partial charge < -0.3 is 9.15 Å². The number of benzene rings is 2. The van der Waals surface area contributed by atoms with Crippen LogP contribution in [-0.2, 0) is 6.61 Å². The fourth-order valence-electron chi connectivity index (χ4n) is 3.60. The Morgan fingerprint density at radius 1 is 0.917 bits per heavy atom. The summed E-state index contributed by atoms with van der Waals surface area (Å²) in [6, 6.07) is 14.7. The molecule has 2 heterocycles. The van der Waals surface area contributed by atoms with Crippen molar-refractivity contribution in [2.45, 2.75) is 34.3 Å². The predicted octanol–water partition coefficient (Wildman–Crippen LogP) is 5.88. The summed E-state index contributed by atoms with van der Waals surface area (Å²) < 4.78 is 12.1. The summed E-state index contributed by atoms with van der Waals surface area (Å²) in [4.78, 5) is 2.20. The second-order valence-corrected chi connectivity index (χ2v) is 6.53. The van der Waals surface area contributed by atoms with Crippen LogP contribution in [0.4, 0.5) is 17.3 Å². The van der Waals surface area contributed by atoms with Gasteiger partial charge in [0.05, 0.1) is 11.4 Å². The van der Waals surface area contributed by atoms with Crippen LogP contribution < -0.4 is 9.64 Å². The zero-order chi connectivity index (χ0) is 16.8. The molecule has 1 aromatic heterocycles. The molecule has 0 fully saturated rings. The third-order valence-electron chi connectivity index (χ3n) is 4.48. The van der Waals surface area contributed by atoms with Gasteiger partial charge in [-0.05, 0) is 44.9 Å². The van der Waals surface area contributed by atoms with Gasteiger partial charge >= 0.3 is 0 Å². The lowest BCUT2D eigenvalue weighted by Gasteiger charge is -2.26. The number of ether oxygens (including phenoxy) is 1. The third kappa shape index (κ3) is 2.28. The highest BCUT2D eigenvalue weighted by molar-refractivity contribution is 5.83. The molecule has 2 aromatic carbocycles. The highest BCUT2D eigenvalue weighted by atomic mass is 16.5.